The molecule has 3 aromatic heterocycles. The fraction of sp³-hybridized carbons (Fsp3) is 0.286. The van der Waals surface area contributed by atoms with Gasteiger partial charge in [0.2, 0.25) is 0 Å². The monoisotopic (exact) mass is 501 g/mol. The fourth-order valence-corrected chi connectivity index (χ4v) is 5.19. The summed E-state index contributed by atoms with van der Waals surface area (Å²) in [7, 11) is 0. The van der Waals surface area contributed by atoms with Gasteiger partial charge in [0.05, 0.1) is 44.9 Å². The van der Waals surface area contributed by atoms with Crippen LogP contribution in [0.4, 0.5) is 0 Å². The van der Waals surface area contributed by atoms with E-state index in [0.29, 0.717) is 28.7 Å². The number of amides is 1. The smallest absolute Gasteiger partial charge is 0.333 e. The molecule has 0 spiro atoms. The zero-order valence-electron chi connectivity index (χ0n) is 20.2. The highest BCUT2D eigenvalue weighted by molar-refractivity contribution is 6.30. The molecule has 5 rings (SSSR count). The van der Waals surface area contributed by atoms with Gasteiger partial charge in [-0.3, -0.25) is 23.9 Å². The average Bonchev–Trinajstić information content (AvgIpc) is 3.17. The lowest BCUT2D eigenvalue weighted by atomic mass is 9.85. The van der Waals surface area contributed by atoms with E-state index in [9.17, 15) is 9.59 Å². The van der Waals surface area contributed by atoms with Crippen molar-refractivity contribution in [1.82, 2.24) is 24.4 Å². The van der Waals surface area contributed by atoms with Gasteiger partial charge in [-0.05, 0) is 74.9 Å². The first kappa shape index (κ1) is 24.0. The molecular weight excluding hydrogens is 474 g/mol. The summed E-state index contributed by atoms with van der Waals surface area (Å²) >= 11 is 6.03. The number of hydrogen-bond donors (Lipinski definition) is 1. The maximum Gasteiger partial charge on any atom is 0.333 e. The van der Waals surface area contributed by atoms with Crippen molar-refractivity contribution in [2.75, 3.05) is 0 Å². The Hall–Kier alpha value is -3.71. The zero-order chi connectivity index (χ0) is 25.2. The summed E-state index contributed by atoms with van der Waals surface area (Å²) in [6.45, 7) is 6.19. The zero-order valence-corrected chi connectivity index (χ0v) is 20.9. The molecule has 1 amide bonds. The molecule has 1 N–H and O–H groups in total. The van der Waals surface area contributed by atoms with Crippen molar-refractivity contribution in [3.63, 3.8) is 0 Å². The predicted molar refractivity (Wildman–Crippen MR) is 143 cm³/mol. The minimum atomic E-state index is -0.138. The van der Waals surface area contributed by atoms with Crippen LogP contribution >= 0.6 is 11.6 Å². The first-order valence-corrected chi connectivity index (χ1v) is 12.5. The molecule has 36 heavy (non-hydrogen) atoms. The van der Waals surface area contributed by atoms with E-state index in [-0.39, 0.29) is 17.6 Å². The summed E-state index contributed by atoms with van der Waals surface area (Å²) < 4.78 is 3.60. The summed E-state index contributed by atoms with van der Waals surface area (Å²) in [4.78, 5) is 34.9. The van der Waals surface area contributed by atoms with Crippen molar-refractivity contribution in [2.24, 2.45) is 5.92 Å². The molecule has 4 aromatic rings. The topological polar surface area (TPSA) is 81.8 Å². The molecule has 0 bridgehead atoms. The number of fused-ring (bicyclic) bond motifs is 1. The summed E-state index contributed by atoms with van der Waals surface area (Å²) in [5.41, 5.74) is 4.38. The van der Waals surface area contributed by atoms with Gasteiger partial charge in [0.1, 0.15) is 0 Å². The summed E-state index contributed by atoms with van der Waals surface area (Å²) in [6.07, 6.45) is 8.53. The number of aromatic nitrogens is 4. The van der Waals surface area contributed by atoms with Gasteiger partial charge in [0.25, 0.3) is 5.91 Å². The molecule has 1 aromatic carbocycles. The Bertz CT molecular complexity index is 1480. The number of aryl methyl sites for hydroxylation is 1. The standard InChI is InChI=1S/C28H28ClN5O2/c1-3-21-12-13-23(16-31-21)34-26-7-5-4-6-25(26)33(28(34)36)17-19-8-10-22(11-9-19)32-27(35)24-14-20(29)15-30-18(24)2/h3-7,12-16,19,22H,1,8-11,17H2,2H3,(H,32,35)/t19-,22-. The van der Waals surface area contributed by atoms with E-state index in [1.165, 1.54) is 0 Å². The number of nitrogens with zero attached hydrogens (tertiary/aromatic N) is 4. The Morgan fingerprint density at radius 3 is 2.56 bits per heavy atom. The summed E-state index contributed by atoms with van der Waals surface area (Å²) in [5, 5.41) is 3.59. The van der Waals surface area contributed by atoms with Gasteiger partial charge in [-0.15, -0.1) is 0 Å². The molecular formula is C28H28ClN5O2. The van der Waals surface area contributed by atoms with E-state index >= 15 is 0 Å². The van der Waals surface area contributed by atoms with Crippen LogP contribution in [0.3, 0.4) is 0 Å². The van der Waals surface area contributed by atoms with E-state index < -0.39 is 0 Å². The second-order valence-corrected chi connectivity index (χ2v) is 9.78. The van der Waals surface area contributed by atoms with Crippen LogP contribution in [0.25, 0.3) is 22.8 Å². The second kappa shape index (κ2) is 10.1. The third-order valence-electron chi connectivity index (χ3n) is 6.99. The Labute approximate surface area is 214 Å². The highest BCUT2D eigenvalue weighted by Crippen LogP contribution is 2.28. The molecule has 0 atom stereocenters. The number of carbonyl (C=O) groups excluding carboxylic acids is 1. The first-order valence-electron chi connectivity index (χ1n) is 12.2. The van der Waals surface area contributed by atoms with E-state index in [0.717, 1.165) is 48.1 Å². The molecule has 0 saturated heterocycles. The molecule has 1 saturated carbocycles. The number of rotatable bonds is 6. The number of para-hydroxylation sites is 2. The van der Waals surface area contributed by atoms with Crippen molar-refractivity contribution < 1.29 is 4.79 Å². The number of hydrogen-bond acceptors (Lipinski definition) is 4. The number of pyridine rings is 2. The van der Waals surface area contributed by atoms with Crippen LogP contribution in [0.5, 0.6) is 0 Å². The molecule has 1 aliphatic rings. The van der Waals surface area contributed by atoms with Crippen LogP contribution in [0.2, 0.25) is 5.02 Å². The molecule has 1 fully saturated rings. The first-order chi connectivity index (χ1) is 17.4. The van der Waals surface area contributed by atoms with E-state index in [1.807, 2.05) is 41.0 Å². The molecule has 8 heteroatoms. The minimum Gasteiger partial charge on any atom is -0.349 e. The maximum absolute atomic E-state index is 13.5. The molecule has 3 heterocycles. The Balaban J connectivity index is 1.31. The highest BCUT2D eigenvalue weighted by atomic mass is 35.5. The number of halogens is 1. The number of benzene rings is 1. The van der Waals surface area contributed by atoms with Crippen LogP contribution in [0.1, 0.15) is 47.4 Å². The van der Waals surface area contributed by atoms with Crippen LogP contribution in [0, 0.1) is 12.8 Å². The average molecular weight is 502 g/mol. The normalized spacial score (nSPS) is 17.7. The van der Waals surface area contributed by atoms with Gasteiger partial charge in [0.15, 0.2) is 0 Å². The van der Waals surface area contributed by atoms with Gasteiger partial charge in [-0.2, -0.15) is 0 Å². The molecule has 184 valence electrons. The third kappa shape index (κ3) is 4.71. The van der Waals surface area contributed by atoms with Crippen molar-refractivity contribution in [3.05, 3.63) is 93.9 Å². The van der Waals surface area contributed by atoms with Gasteiger partial charge in [-0.25, -0.2) is 4.79 Å². The molecule has 1 aliphatic carbocycles. The van der Waals surface area contributed by atoms with Crippen molar-refractivity contribution in [2.45, 2.75) is 45.2 Å². The summed E-state index contributed by atoms with van der Waals surface area (Å²) in [5.74, 6) is 0.215. The lowest BCUT2D eigenvalue weighted by molar-refractivity contribution is 0.0919. The molecule has 0 aliphatic heterocycles. The Morgan fingerprint density at radius 1 is 1.11 bits per heavy atom. The SMILES string of the molecule is C=Cc1ccc(-n2c(=O)n(C[C@H]3CC[C@H](NC(=O)c4cc(Cl)cnc4C)CC3)c3ccccc32)cn1. The van der Waals surface area contributed by atoms with Crippen LogP contribution in [-0.2, 0) is 6.54 Å². The minimum absolute atomic E-state index is 0.0660. The van der Waals surface area contributed by atoms with Gasteiger partial charge in [0, 0.05) is 18.8 Å². The van der Waals surface area contributed by atoms with Crippen molar-refractivity contribution in [3.8, 4) is 5.69 Å². The predicted octanol–water partition coefficient (Wildman–Crippen LogP) is 5.18. The number of carbonyl (C=O) groups is 1. The van der Waals surface area contributed by atoms with E-state index in [2.05, 4.69) is 21.9 Å². The lowest BCUT2D eigenvalue weighted by Gasteiger charge is -2.29. The second-order valence-electron chi connectivity index (χ2n) is 9.34. The van der Waals surface area contributed by atoms with Gasteiger partial charge in [-0.1, -0.05) is 30.3 Å². The number of nitrogens with one attached hydrogen (secondary N) is 1. The van der Waals surface area contributed by atoms with Crippen LogP contribution in [0.15, 0.2) is 66.2 Å². The highest BCUT2D eigenvalue weighted by Gasteiger charge is 2.25. The molecule has 7 nitrogen and oxygen atoms in total. The van der Waals surface area contributed by atoms with Crippen LogP contribution in [-0.4, -0.2) is 31.1 Å². The fourth-order valence-electron chi connectivity index (χ4n) is 5.03. The quantitative estimate of drug-likeness (QED) is 0.395. The molecule has 0 radical (unpaired) electrons. The van der Waals surface area contributed by atoms with Crippen LogP contribution < -0.4 is 11.0 Å². The summed E-state index contributed by atoms with van der Waals surface area (Å²) in [6, 6.07) is 13.4. The Kier molecular flexibility index (Phi) is 6.74. The molecule has 0 unspecified atom stereocenters. The van der Waals surface area contributed by atoms with E-state index in [4.69, 9.17) is 11.6 Å². The van der Waals surface area contributed by atoms with E-state index in [1.54, 1.807) is 36.0 Å². The van der Waals surface area contributed by atoms with Crippen molar-refractivity contribution >= 4 is 34.6 Å². The number of imidazole rings is 1. The maximum atomic E-state index is 13.5. The largest absolute Gasteiger partial charge is 0.349 e. The van der Waals surface area contributed by atoms with Gasteiger partial charge < -0.3 is 5.32 Å². The van der Waals surface area contributed by atoms with Gasteiger partial charge >= 0.3 is 5.69 Å². The van der Waals surface area contributed by atoms with Crippen molar-refractivity contribution in [1.29, 1.82) is 0 Å². The lowest BCUT2D eigenvalue weighted by Crippen LogP contribution is -2.39. The Morgan fingerprint density at radius 2 is 1.86 bits per heavy atom. The third-order valence-corrected chi connectivity index (χ3v) is 7.20.